The Morgan fingerprint density at radius 3 is 2.20 bits per heavy atom. The molecule has 1 spiro atoms. The third-order valence-electron chi connectivity index (χ3n) is 10.7. The van der Waals surface area contributed by atoms with Crippen LogP contribution in [0.4, 0.5) is 11.4 Å². The smallest absolute Gasteiger partial charge is 0.340 e. The van der Waals surface area contributed by atoms with Crippen molar-refractivity contribution in [1.82, 2.24) is 15.6 Å². The third kappa shape index (κ3) is 9.38. The number of aromatic nitrogens is 1. The Kier molecular flexibility index (Phi) is 12.9. The SMILES string of the molecule is Cc1ccc(NS(=O)(=O)c2ccc(CNC(=O)COCCOCCOCCNC(=S)Nc3ccc4c(c3)C(=O)OC43c4ccc(O)cc4Oc4cc(O)ccc43)cc2)c2[nH]cc(C#N)c12. The van der Waals surface area contributed by atoms with E-state index in [1.165, 1.54) is 36.4 Å². The molecule has 1 amide bonds. The molecule has 8 rings (SSSR count). The van der Waals surface area contributed by atoms with E-state index in [-0.39, 0.29) is 48.7 Å². The standard InChI is InChI=1S/C46H42N6O11S2/c1-27-2-13-38(43-42(27)29(23-47)25-50-43)52-65(57,58)33-8-3-28(4-9-33)24-49-41(55)26-61-19-18-60-17-16-59-15-14-48-45(64)51-30-5-10-35-34(20-30)44(56)63-46(35)36-11-6-31(53)21-39(36)62-40-22-32(54)7-12-37(40)46/h2-13,20-22,25,50,52-54H,14-19,24,26H2,1H3,(H,49,55)(H2,48,51,64). The highest BCUT2D eigenvalue weighted by atomic mass is 32.2. The highest BCUT2D eigenvalue weighted by Crippen LogP contribution is 2.57. The number of hydrogen-bond acceptors (Lipinski definition) is 13. The van der Waals surface area contributed by atoms with E-state index in [0.717, 1.165) is 5.56 Å². The highest BCUT2D eigenvalue weighted by molar-refractivity contribution is 7.92. The number of phenolic OH excluding ortho intramolecular Hbond substituents is 2. The molecule has 2 aliphatic rings. The number of benzene rings is 5. The summed E-state index contributed by atoms with van der Waals surface area (Å²) in [5.41, 5.74) is 3.95. The van der Waals surface area contributed by atoms with Crippen LogP contribution in [-0.2, 0) is 45.9 Å². The molecule has 2 aliphatic heterocycles. The molecule has 17 nitrogen and oxygen atoms in total. The van der Waals surface area contributed by atoms with E-state index in [9.17, 15) is 33.5 Å². The summed E-state index contributed by atoms with van der Waals surface area (Å²) in [7, 11) is -3.93. The second kappa shape index (κ2) is 18.9. The second-order valence-electron chi connectivity index (χ2n) is 15.0. The molecule has 0 saturated carbocycles. The van der Waals surface area contributed by atoms with E-state index in [1.807, 2.05) is 6.92 Å². The number of ether oxygens (including phenoxy) is 5. The summed E-state index contributed by atoms with van der Waals surface area (Å²) in [6.45, 7) is 3.62. The van der Waals surface area contributed by atoms with E-state index >= 15 is 0 Å². The van der Waals surface area contributed by atoms with Crippen molar-refractivity contribution >= 4 is 61.5 Å². The summed E-state index contributed by atoms with van der Waals surface area (Å²) in [6, 6.07) is 26.0. The molecule has 5 aromatic carbocycles. The first-order valence-corrected chi connectivity index (χ1v) is 22.2. The molecule has 3 heterocycles. The number of aromatic amines is 1. The van der Waals surface area contributed by atoms with Crippen molar-refractivity contribution in [3.63, 3.8) is 0 Å². The van der Waals surface area contributed by atoms with Gasteiger partial charge in [0.25, 0.3) is 10.0 Å². The zero-order valence-corrected chi connectivity index (χ0v) is 36.4. The summed E-state index contributed by atoms with van der Waals surface area (Å²) < 4.78 is 57.5. The number of aryl methyl sites for hydroxylation is 1. The Morgan fingerprint density at radius 1 is 0.846 bits per heavy atom. The number of thiocarbonyl (C=S) groups is 1. The third-order valence-corrected chi connectivity index (χ3v) is 12.3. The molecule has 0 atom stereocenters. The molecule has 1 aromatic heterocycles. The van der Waals surface area contributed by atoms with Crippen LogP contribution in [0.15, 0.2) is 102 Å². The van der Waals surface area contributed by atoms with Gasteiger partial charge in [-0.3, -0.25) is 9.52 Å². The molecule has 334 valence electrons. The molecule has 0 fully saturated rings. The zero-order valence-electron chi connectivity index (χ0n) is 34.7. The molecular formula is C46H42N6O11S2. The molecule has 0 bridgehead atoms. The van der Waals surface area contributed by atoms with E-state index in [0.29, 0.717) is 98.6 Å². The van der Waals surface area contributed by atoms with E-state index < -0.39 is 21.6 Å². The molecule has 7 N–H and O–H groups in total. The number of H-pyrrole nitrogens is 1. The number of fused-ring (bicyclic) bond motifs is 7. The lowest BCUT2D eigenvalue weighted by Crippen LogP contribution is -2.33. The average Bonchev–Trinajstić information content (AvgIpc) is 3.85. The summed E-state index contributed by atoms with van der Waals surface area (Å²) in [5.74, 6) is -0.381. The Labute approximate surface area is 378 Å². The lowest BCUT2D eigenvalue weighted by atomic mass is 9.77. The average molecular weight is 919 g/mol. The fourth-order valence-corrected chi connectivity index (χ4v) is 8.93. The molecule has 6 aromatic rings. The minimum atomic E-state index is -3.93. The van der Waals surface area contributed by atoms with Crippen molar-refractivity contribution in [2.45, 2.75) is 24.0 Å². The number of esters is 1. The van der Waals surface area contributed by atoms with Crippen LogP contribution in [0, 0.1) is 18.3 Å². The van der Waals surface area contributed by atoms with Gasteiger partial charge in [-0.15, -0.1) is 0 Å². The second-order valence-corrected chi connectivity index (χ2v) is 17.1. The number of nitriles is 1. The Hall–Kier alpha value is -7.21. The van der Waals surface area contributed by atoms with Crippen molar-refractivity contribution in [3.8, 4) is 29.1 Å². The largest absolute Gasteiger partial charge is 0.508 e. The van der Waals surface area contributed by atoms with Crippen LogP contribution in [0.2, 0.25) is 0 Å². The number of carbonyl (C=O) groups excluding carboxylic acids is 2. The minimum Gasteiger partial charge on any atom is -0.508 e. The van der Waals surface area contributed by atoms with Gasteiger partial charge in [-0.2, -0.15) is 5.26 Å². The number of hydrogen-bond donors (Lipinski definition) is 7. The van der Waals surface area contributed by atoms with E-state index in [4.69, 9.17) is 35.9 Å². The number of aromatic hydroxyl groups is 2. The van der Waals surface area contributed by atoms with Gasteiger partial charge in [0.2, 0.25) is 5.91 Å². The van der Waals surface area contributed by atoms with Gasteiger partial charge in [-0.1, -0.05) is 24.3 Å². The van der Waals surface area contributed by atoms with Crippen molar-refractivity contribution in [2.75, 3.05) is 56.2 Å². The van der Waals surface area contributed by atoms with E-state index in [2.05, 4.69) is 31.7 Å². The summed E-state index contributed by atoms with van der Waals surface area (Å²) in [6.07, 6.45) is 1.54. The van der Waals surface area contributed by atoms with Crippen LogP contribution in [0.25, 0.3) is 10.9 Å². The number of nitrogens with one attached hydrogen (secondary N) is 5. The Balaban J connectivity index is 0.697. The predicted octanol–water partition coefficient (Wildman–Crippen LogP) is 5.78. The summed E-state index contributed by atoms with van der Waals surface area (Å²) in [4.78, 5) is 28.7. The zero-order chi connectivity index (χ0) is 45.7. The number of carbonyl (C=O) groups is 2. The van der Waals surface area contributed by atoms with Gasteiger partial charge in [0, 0.05) is 59.2 Å². The number of phenols is 2. The quantitative estimate of drug-likeness (QED) is 0.0326. The van der Waals surface area contributed by atoms with Gasteiger partial charge in [-0.25, -0.2) is 13.2 Å². The maximum absolute atomic E-state index is 13.4. The molecule has 0 unspecified atom stereocenters. The fourth-order valence-electron chi connectivity index (χ4n) is 7.64. The highest BCUT2D eigenvalue weighted by Gasteiger charge is 2.53. The van der Waals surface area contributed by atoms with Crippen LogP contribution in [-0.4, -0.2) is 86.8 Å². The lowest BCUT2D eigenvalue weighted by Gasteiger charge is -2.36. The summed E-state index contributed by atoms with van der Waals surface area (Å²) >= 11 is 5.46. The number of anilines is 2. The van der Waals surface area contributed by atoms with Crippen LogP contribution in [0.3, 0.4) is 0 Å². The van der Waals surface area contributed by atoms with Gasteiger partial charge in [-0.05, 0) is 84.9 Å². The number of sulfonamides is 1. The van der Waals surface area contributed by atoms with Gasteiger partial charge in [0.05, 0.1) is 60.3 Å². The van der Waals surface area contributed by atoms with Gasteiger partial charge < -0.3 is 54.8 Å². The van der Waals surface area contributed by atoms with Gasteiger partial charge in [0.1, 0.15) is 35.7 Å². The molecule has 0 saturated heterocycles. The Morgan fingerprint density at radius 2 is 1.51 bits per heavy atom. The molecule has 0 aliphatic carbocycles. The summed E-state index contributed by atoms with van der Waals surface area (Å²) in [5, 5.41) is 39.5. The fraction of sp³-hybridized carbons (Fsp3) is 0.217. The Bertz CT molecular complexity index is 2920. The molecule has 65 heavy (non-hydrogen) atoms. The molecular weight excluding hydrogens is 877 g/mol. The number of rotatable bonds is 17. The van der Waals surface area contributed by atoms with Gasteiger partial charge >= 0.3 is 5.97 Å². The van der Waals surface area contributed by atoms with Crippen molar-refractivity contribution in [2.24, 2.45) is 0 Å². The van der Waals surface area contributed by atoms with Crippen LogP contribution < -0.4 is 25.4 Å². The van der Waals surface area contributed by atoms with Crippen LogP contribution in [0.5, 0.6) is 23.0 Å². The normalized spacial score (nSPS) is 13.2. The monoisotopic (exact) mass is 918 g/mol. The molecule has 0 radical (unpaired) electrons. The molecule has 19 heteroatoms. The van der Waals surface area contributed by atoms with Gasteiger partial charge in [0.15, 0.2) is 10.7 Å². The number of amides is 1. The first kappa shape index (κ1) is 44.4. The van der Waals surface area contributed by atoms with Crippen LogP contribution >= 0.6 is 12.2 Å². The first-order valence-electron chi connectivity index (χ1n) is 20.3. The maximum atomic E-state index is 13.4. The first-order chi connectivity index (χ1) is 31.4. The lowest BCUT2D eigenvalue weighted by molar-refractivity contribution is -0.126. The van der Waals surface area contributed by atoms with E-state index in [1.54, 1.807) is 60.8 Å². The minimum absolute atomic E-state index is 0.0294. The predicted molar refractivity (Wildman–Crippen MR) is 242 cm³/mol. The topological polar surface area (TPSA) is 243 Å². The van der Waals surface area contributed by atoms with Crippen molar-refractivity contribution in [1.29, 1.82) is 5.26 Å². The van der Waals surface area contributed by atoms with Crippen molar-refractivity contribution in [3.05, 3.63) is 136 Å². The van der Waals surface area contributed by atoms with Crippen molar-refractivity contribution < 1.29 is 51.9 Å². The number of nitrogens with zero attached hydrogens (tertiary/aromatic N) is 1. The van der Waals surface area contributed by atoms with Crippen LogP contribution in [0.1, 0.15) is 43.7 Å². The maximum Gasteiger partial charge on any atom is 0.340 e.